The molecule has 4 aliphatic rings. The third-order valence-electron chi connectivity index (χ3n) is 34.8. The number of rotatable bonds is 7. The van der Waals surface area contributed by atoms with Crippen molar-refractivity contribution < 1.29 is 4.42 Å². The van der Waals surface area contributed by atoms with Gasteiger partial charge in [-0.05, 0) is 318 Å². The van der Waals surface area contributed by atoms with Crippen LogP contribution in [0.1, 0.15) is 99.9 Å². The summed E-state index contributed by atoms with van der Waals surface area (Å²) in [5.74, 6) is 0. The second-order valence-corrected chi connectivity index (χ2v) is 45.1. The Balaban J connectivity index is 0.000000104. The van der Waals surface area contributed by atoms with Crippen LogP contribution in [0.2, 0.25) is 0 Å². The van der Waals surface area contributed by atoms with Crippen molar-refractivity contribution in [3.05, 3.63) is 518 Å². The van der Waals surface area contributed by atoms with Crippen molar-refractivity contribution in [2.24, 2.45) is 0 Å². The van der Waals surface area contributed by atoms with Gasteiger partial charge in [-0.15, -0.1) is 11.3 Å². The van der Waals surface area contributed by atoms with E-state index in [-0.39, 0.29) is 21.7 Å². The summed E-state index contributed by atoms with van der Waals surface area (Å²) >= 11 is 1.88. The molecule has 1 nitrogen and oxygen atoms in total. The van der Waals surface area contributed by atoms with Crippen LogP contribution < -0.4 is 0 Å². The van der Waals surface area contributed by atoms with E-state index in [4.69, 9.17) is 4.42 Å². The van der Waals surface area contributed by atoms with Crippen LogP contribution in [-0.4, -0.2) is 0 Å². The number of furan rings is 1. The van der Waals surface area contributed by atoms with Crippen molar-refractivity contribution in [2.45, 2.75) is 77.0 Å². The Kier molecular flexibility index (Phi) is 19.2. The first-order chi connectivity index (χ1) is 73.5. The Bertz CT molecular complexity index is 10600. The molecule has 0 N–H and O–H groups in total. The SMILES string of the molecule is CC1(C)c2ccc(-c3c4ccccc4c(-c4cc5c(c6ccccc46)-c4ccccc4C5(C)C)c4ccccc34)cc2-c2c1ccc1ccccc21.CC1(C)c2ccc(-c3c4ccccc4c(-c4ccc5sc6ccccc6c5c4)c4ccccc34)cc2-c2c1ccc1ccccc21.CC1(C)c2ccc(-c3c4ccccc4c(-c4ccccc4-c4cccc5c4oc4ccccc45)c4ccccc34)cc2-c2c1ccc1ccccc21. The van der Waals surface area contributed by atoms with Gasteiger partial charge >= 0.3 is 0 Å². The molecule has 26 aromatic carbocycles. The second kappa shape index (κ2) is 32.9. The topological polar surface area (TPSA) is 13.1 Å². The fraction of sp³-hybridized carbons (Fsp3) is 0.0811. The molecule has 150 heavy (non-hydrogen) atoms. The lowest BCUT2D eigenvalue weighted by Crippen LogP contribution is -2.15. The van der Waals surface area contributed by atoms with Gasteiger partial charge in [0, 0.05) is 58.2 Å². The highest BCUT2D eigenvalue weighted by Gasteiger charge is 2.43. The summed E-state index contributed by atoms with van der Waals surface area (Å²) in [5.41, 5.74) is 41.4. The van der Waals surface area contributed by atoms with Crippen LogP contribution in [0.4, 0.5) is 0 Å². The van der Waals surface area contributed by atoms with Gasteiger partial charge < -0.3 is 4.42 Å². The highest BCUT2D eigenvalue weighted by molar-refractivity contribution is 7.25. The van der Waals surface area contributed by atoms with E-state index in [0.717, 1.165) is 27.5 Å². The lowest BCUT2D eigenvalue weighted by atomic mass is 9.78. The molecule has 0 bridgehead atoms. The number of fused-ring (bicyclic) bond motifs is 32. The minimum Gasteiger partial charge on any atom is -0.455 e. The van der Waals surface area contributed by atoms with Crippen LogP contribution in [0.25, 0.3) is 272 Å². The third-order valence-corrected chi connectivity index (χ3v) is 35.9. The summed E-state index contributed by atoms with van der Waals surface area (Å²) in [6, 6.07) is 177. The highest BCUT2D eigenvalue weighted by atomic mass is 32.1. The monoisotopic (exact) mass is 1930 g/mol. The van der Waals surface area contributed by atoms with Crippen LogP contribution in [0, 0.1) is 0 Å². The molecule has 2 heteroatoms. The van der Waals surface area contributed by atoms with E-state index in [2.05, 4.69) is 523 Å². The van der Waals surface area contributed by atoms with Crippen LogP contribution in [0.3, 0.4) is 0 Å². The van der Waals surface area contributed by atoms with Crippen LogP contribution >= 0.6 is 11.3 Å². The molecule has 0 amide bonds. The minimum absolute atomic E-state index is 0.0499. The molecular weight excluding hydrogens is 1830 g/mol. The third kappa shape index (κ3) is 12.8. The summed E-state index contributed by atoms with van der Waals surface area (Å²) in [5, 5.41) is 30.8. The quantitative estimate of drug-likeness (QED) is 0.145. The van der Waals surface area contributed by atoms with Crippen LogP contribution in [-0.2, 0) is 21.7 Å². The average molecular weight is 1930 g/mol. The molecule has 4 aliphatic carbocycles. The summed E-state index contributed by atoms with van der Waals surface area (Å²) in [6.07, 6.45) is 0. The van der Waals surface area contributed by atoms with E-state index >= 15 is 0 Å². The predicted molar refractivity (Wildman–Crippen MR) is 643 cm³/mol. The Labute approximate surface area is 876 Å². The fourth-order valence-corrected chi connectivity index (χ4v) is 28.9. The molecule has 0 saturated heterocycles. The lowest BCUT2D eigenvalue weighted by Gasteiger charge is -2.24. The number of hydrogen-bond acceptors (Lipinski definition) is 2. The zero-order valence-corrected chi connectivity index (χ0v) is 85.7. The van der Waals surface area contributed by atoms with Gasteiger partial charge in [-0.2, -0.15) is 0 Å². The van der Waals surface area contributed by atoms with E-state index in [0.29, 0.717) is 0 Å². The molecule has 0 unspecified atom stereocenters. The van der Waals surface area contributed by atoms with Gasteiger partial charge in [-0.25, -0.2) is 0 Å². The Morgan fingerprint density at radius 2 is 0.427 bits per heavy atom. The smallest absolute Gasteiger partial charge is 0.143 e. The van der Waals surface area contributed by atoms with Crippen molar-refractivity contribution >= 4 is 161 Å². The maximum absolute atomic E-state index is 6.58. The molecule has 706 valence electrons. The molecule has 2 aromatic heterocycles. The molecule has 0 atom stereocenters. The Hall–Kier alpha value is -17.7. The largest absolute Gasteiger partial charge is 0.455 e. The van der Waals surface area contributed by atoms with Crippen LogP contribution in [0.15, 0.2) is 478 Å². The van der Waals surface area contributed by atoms with Gasteiger partial charge in [0.1, 0.15) is 11.2 Å². The number of thiophene rings is 1. The molecular formula is C148H102OS. The molecule has 0 fully saturated rings. The first-order valence-corrected chi connectivity index (χ1v) is 53.7. The maximum Gasteiger partial charge on any atom is 0.143 e. The van der Waals surface area contributed by atoms with Gasteiger partial charge in [0.2, 0.25) is 0 Å². The molecule has 0 radical (unpaired) electrons. The Morgan fingerprint density at radius 1 is 0.147 bits per heavy atom. The van der Waals surface area contributed by atoms with Gasteiger partial charge in [0.25, 0.3) is 0 Å². The van der Waals surface area contributed by atoms with E-state index in [1.54, 1.807) is 0 Å². The van der Waals surface area contributed by atoms with Gasteiger partial charge in [-0.3, -0.25) is 0 Å². The molecule has 0 spiro atoms. The van der Waals surface area contributed by atoms with Gasteiger partial charge in [0.15, 0.2) is 0 Å². The van der Waals surface area contributed by atoms with Crippen molar-refractivity contribution in [3.63, 3.8) is 0 Å². The standard InChI is InChI=1S/C52H38.C51H34O.C45H30S/c1-51(2)44-27-26-32(29-42(44)49-33-16-6-5-15-31(33)25-28-45(49)51)47-36-19-9-11-21-38(36)48(39-22-12-10-20-37(39)47)41-30-46-50(35-18-8-7-17-34(35)41)40-23-13-14-24-43(40)52(46,3)4;1-51(2)44-28-27-32(30-43(44)49-33-15-4-3-14-31(33)26-29-45(49)51)47-37-19-7-9-21-39(37)48(40-22-10-8-20-38(40)47)36-18-6-5-16-34(36)41-23-13-24-42-35-17-11-12-25-46(35)52-50(41)42;1-45(2)38-22-20-28(26-37(38)44-30-12-4-3-11-27(30)19-23-39(44)45)42-32-14-5-7-16-34(32)43(35-17-8-6-15-33(35)42)29-21-24-41-36(25-29)31-13-9-10-18-40(31)46-41/h5-30H,1-4H3;3-30H,1-2H3;3-26H,1-2H3. The molecule has 2 heterocycles. The minimum atomic E-state index is -0.102. The van der Waals surface area contributed by atoms with E-state index in [9.17, 15) is 0 Å². The summed E-state index contributed by atoms with van der Waals surface area (Å²) in [7, 11) is 0. The van der Waals surface area contributed by atoms with Gasteiger partial charge in [0.05, 0.1) is 0 Å². The second-order valence-electron chi connectivity index (χ2n) is 44.0. The molecule has 0 saturated carbocycles. The fourth-order valence-electron chi connectivity index (χ4n) is 27.8. The normalized spacial score (nSPS) is 13.9. The average Bonchev–Trinajstić information content (AvgIpc) is 1.47. The van der Waals surface area contributed by atoms with E-state index in [1.807, 2.05) is 17.4 Å². The van der Waals surface area contributed by atoms with Crippen molar-refractivity contribution in [1.29, 1.82) is 0 Å². The first kappa shape index (κ1) is 87.7. The van der Waals surface area contributed by atoms with Crippen molar-refractivity contribution in [3.8, 4) is 122 Å². The number of hydrogen-bond donors (Lipinski definition) is 0. The molecule has 0 aliphatic heterocycles. The predicted octanol–water partition coefficient (Wildman–Crippen LogP) is 41.8. The maximum atomic E-state index is 6.58. The summed E-state index contributed by atoms with van der Waals surface area (Å²) < 4.78 is 9.26. The van der Waals surface area contributed by atoms with Gasteiger partial charge in [-0.1, -0.05) is 480 Å². The summed E-state index contributed by atoms with van der Waals surface area (Å²) in [6.45, 7) is 19.0. The zero-order chi connectivity index (χ0) is 100. The van der Waals surface area contributed by atoms with Crippen molar-refractivity contribution in [2.75, 3.05) is 0 Å². The number of para-hydroxylation sites is 2. The Morgan fingerprint density at radius 3 is 0.860 bits per heavy atom. The molecule has 32 rings (SSSR count). The van der Waals surface area contributed by atoms with Crippen LogP contribution in [0.5, 0.6) is 0 Å². The van der Waals surface area contributed by atoms with E-state index < -0.39 is 0 Å². The first-order valence-electron chi connectivity index (χ1n) is 52.9. The van der Waals surface area contributed by atoms with E-state index in [1.165, 1.54) is 289 Å². The highest BCUT2D eigenvalue weighted by Crippen LogP contribution is 2.62. The zero-order valence-electron chi connectivity index (χ0n) is 84.8. The number of benzene rings is 26. The van der Waals surface area contributed by atoms with Crippen molar-refractivity contribution in [1.82, 2.24) is 0 Å². The molecule has 28 aromatic rings. The lowest BCUT2D eigenvalue weighted by molar-refractivity contribution is 0.661. The summed E-state index contributed by atoms with van der Waals surface area (Å²) in [4.78, 5) is 0.